The van der Waals surface area contributed by atoms with Crippen molar-refractivity contribution in [3.05, 3.63) is 86.1 Å². The van der Waals surface area contributed by atoms with Crippen molar-refractivity contribution in [2.24, 2.45) is 0 Å². The number of nitrogens with zero attached hydrogens (tertiary/aromatic N) is 1. The van der Waals surface area contributed by atoms with E-state index >= 15 is 0 Å². The minimum atomic E-state index is -0.499. The third kappa shape index (κ3) is 5.56. The molecule has 37 heavy (non-hydrogen) atoms. The van der Waals surface area contributed by atoms with Crippen molar-refractivity contribution in [3.63, 3.8) is 0 Å². The number of ether oxygens (including phenoxy) is 1. The minimum Gasteiger partial charge on any atom is -0.370 e. The Morgan fingerprint density at radius 1 is 1.00 bits per heavy atom. The predicted octanol–water partition coefficient (Wildman–Crippen LogP) is 7.61. The van der Waals surface area contributed by atoms with Crippen LogP contribution in [0.2, 0.25) is 15.1 Å². The summed E-state index contributed by atoms with van der Waals surface area (Å²) in [6.45, 7) is 2.48. The van der Waals surface area contributed by atoms with Gasteiger partial charge in [-0.25, -0.2) is 4.98 Å². The van der Waals surface area contributed by atoms with Crippen LogP contribution in [0.3, 0.4) is 0 Å². The Hall–Kier alpha value is -2.81. The molecule has 0 unspecified atom stereocenters. The summed E-state index contributed by atoms with van der Waals surface area (Å²) in [5.74, 6) is -0.267. The molecule has 192 valence electrons. The number of aromatic nitrogens is 2. The average Bonchev–Trinajstić information content (AvgIpc) is 3.51. The van der Waals surface area contributed by atoms with Gasteiger partial charge in [0.05, 0.1) is 26.7 Å². The number of amides is 2. The van der Waals surface area contributed by atoms with E-state index in [1.807, 2.05) is 6.92 Å². The lowest BCUT2D eigenvalue weighted by Gasteiger charge is -2.12. The van der Waals surface area contributed by atoms with Gasteiger partial charge in [0.15, 0.2) is 0 Å². The van der Waals surface area contributed by atoms with Gasteiger partial charge in [0, 0.05) is 23.0 Å². The van der Waals surface area contributed by atoms with Crippen molar-refractivity contribution < 1.29 is 14.3 Å². The van der Waals surface area contributed by atoms with E-state index in [1.165, 1.54) is 0 Å². The molecule has 7 nitrogen and oxygen atoms in total. The Morgan fingerprint density at radius 3 is 2.41 bits per heavy atom. The van der Waals surface area contributed by atoms with Crippen LogP contribution >= 0.6 is 47.2 Å². The second-order valence-electron chi connectivity index (χ2n) is 8.46. The number of hydrogen-bond donors (Lipinski definition) is 3. The molecule has 1 saturated heterocycles. The normalized spacial score (nSPS) is 14.9. The maximum absolute atomic E-state index is 13.4. The lowest BCUT2D eigenvalue weighted by atomic mass is 10.1. The van der Waals surface area contributed by atoms with Crippen LogP contribution in [0, 0.1) is 6.92 Å². The number of anilines is 2. The van der Waals surface area contributed by atoms with Gasteiger partial charge < -0.3 is 20.4 Å². The van der Waals surface area contributed by atoms with Gasteiger partial charge in [0.2, 0.25) is 0 Å². The number of nitrogens with one attached hydrogen (secondary N) is 3. The van der Waals surface area contributed by atoms with Crippen LogP contribution in [0.5, 0.6) is 0 Å². The summed E-state index contributed by atoms with van der Waals surface area (Å²) in [7, 11) is 0. The van der Waals surface area contributed by atoms with Gasteiger partial charge in [-0.2, -0.15) is 0 Å². The molecular formula is C26H22Cl4N4O3. The van der Waals surface area contributed by atoms with E-state index in [0.29, 0.717) is 39.9 Å². The number of benzene rings is 3. The SMILES string of the molecule is Cc1c(Cl)cccc1NC(=O)c1cc(NC(=O)c2c(Cl)cccc2Cl)cc2[nH]c([C@H]3CCCO3)nc12.Cl. The van der Waals surface area contributed by atoms with Gasteiger partial charge in [-0.1, -0.05) is 46.9 Å². The monoisotopic (exact) mass is 578 g/mol. The summed E-state index contributed by atoms with van der Waals surface area (Å²) in [6, 6.07) is 13.4. The first-order chi connectivity index (χ1) is 17.3. The summed E-state index contributed by atoms with van der Waals surface area (Å²) in [4.78, 5) is 34.4. The van der Waals surface area contributed by atoms with Crippen molar-refractivity contribution >= 4 is 81.4 Å². The fourth-order valence-corrected chi connectivity index (χ4v) is 4.91. The van der Waals surface area contributed by atoms with Crippen molar-refractivity contribution in [2.75, 3.05) is 17.2 Å². The van der Waals surface area contributed by atoms with E-state index in [0.717, 1.165) is 18.4 Å². The van der Waals surface area contributed by atoms with Crippen molar-refractivity contribution in [2.45, 2.75) is 25.9 Å². The third-order valence-electron chi connectivity index (χ3n) is 6.05. The second kappa shape index (κ2) is 11.3. The molecule has 1 fully saturated rings. The molecule has 0 bridgehead atoms. The molecule has 3 N–H and O–H groups in total. The lowest BCUT2D eigenvalue weighted by Crippen LogP contribution is -2.16. The van der Waals surface area contributed by atoms with Crippen molar-refractivity contribution in [1.29, 1.82) is 0 Å². The van der Waals surface area contributed by atoms with Crippen LogP contribution in [0.25, 0.3) is 11.0 Å². The number of carbonyl (C=O) groups is 2. The van der Waals surface area contributed by atoms with E-state index in [1.54, 1.807) is 48.5 Å². The fraction of sp³-hybridized carbons (Fsp3) is 0.192. The Kier molecular flexibility index (Phi) is 8.31. The molecule has 11 heteroatoms. The quantitative estimate of drug-likeness (QED) is 0.227. The van der Waals surface area contributed by atoms with Gasteiger partial charge >= 0.3 is 0 Å². The molecule has 4 aromatic rings. The van der Waals surface area contributed by atoms with E-state index in [-0.39, 0.29) is 39.7 Å². The van der Waals surface area contributed by atoms with Gasteiger partial charge in [-0.15, -0.1) is 12.4 Å². The van der Waals surface area contributed by atoms with Crippen LogP contribution in [0.4, 0.5) is 11.4 Å². The maximum Gasteiger partial charge on any atom is 0.258 e. The number of carbonyl (C=O) groups excluding carboxylic acids is 2. The molecule has 1 aromatic heterocycles. The number of rotatable bonds is 5. The van der Waals surface area contributed by atoms with Crippen LogP contribution in [0.1, 0.15) is 51.0 Å². The zero-order valence-electron chi connectivity index (χ0n) is 19.5. The highest BCUT2D eigenvalue weighted by molar-refractivity contribution is 6.40. The minimum absolute atomic E-state index is 0. The summed E-state index contributed by atoms with van der Waals surface area (Å²) >= 11 is 18.7. The summed E-state index contributed by atoms with van der Waals surface area (Å²) in [5, 5.41) is 6.69. The molecule has 0 aliphatic carbocycles. The number of halogens is 4. The molecular weight excluding hydrogens is 558 g/mol. The number of hydrogen-bond acceptors (Lipinski definition) is 4. The van der Waals surface area contributed by atoms with E-state index in [4.69, 9.17) is 39.5 Å². The maximum atomic E-state index is 13.4. The van der Waals surface area contributed by atoms with Gasteiger partial charge in [0.25, 0.3) is 11.8 Å². The van der Waals surface area contributed by atoms with Gasteiger partial charge in [-0.05, 0) is 61.7 Å². The molecule has 1 atom stereocenters. The number of imidazole rings is 1. The zero-order valence-corrected chi connectivity index (χ0v) is 22.6. The van der Waals surface area contributed by atoms with Crippen molar-refractivity contribution in [1.82, 2.24) is 9.97 Å². The summed E-state index contributed by atoms with van der Waals surface area (Å²) in [6.07, 6.45) is 1.59. The first-order valence-corrected chi connectivity index (χ1v) is 12.4. The van der Waals surface area contributed by atoms with E-state index in [2.05, 4.69) is 20.6 Å². The highest BCUT2D eigenvalue weighted by atomic mass is 35.5. The van der Waals surface area contributed by atoms with Crippen molar-refractivity contribution in [3.8, 4) is 0 Å². The summed E-state index contributed by atoms with van der Waals surface area (Å²) < 4.78 is 5.76. The van der Waals surface area contributed by atoms with Gasteiger partial charge in [0.1, 0.15) is 17.4 Å². The Morgan fingerprint density at radius 2 is 1.70 bits per heavy atom. The molecule has 2 heterocycles. The number of H-pyrrole nitrogens is 1. The number of aromatic amines is 1. The molecule has 2 amide bonds. The van der Waals surface area contributed by atoms with Crippen LogP contribution in [-0.4, -0.2) is 28.4 Å². The van der Waals surface area contributed by atoms with Crippen LogP contribution in [0.15, 0.2) is 48.5 Å². The molecule has 0 radical (unpaired) electrons. The smallest absolute Gasteiger partial charge is 0.258 e. The molecule has 1 aliphatic rings. The average molecular weight is 580 g/mol. The van der Waals surface area contributed by atoms with E-state index < -0.39 is 11.8 Å². The summed E-state index contributed by atoms with van der Waals surface area (Å²) in [5.41, 5.74) is 3.15. The first-order valence-electron chi connectivity index (χ1n) is 11.3. The Labute approximate surface area is 234 Å². The molecule has 3 aromatic carbocycles. The fourth-order valence-electron chi connectivity index (χ4n) is 4.17. The first kappa shape index (κ1) is 27.2. The predicted molar refractivity (Wildman–Crippen MR) is 150 cm³/mol. The molecule has 5 rings (SSSR count). The Bertz CT molecular complexity index is 1480. The molecule has 0 saturated carbocycles. The second-order valence-corrected chi connectivity index (χ2v) is 9.68. The van der Waals surface area contributed by atoms with Crippen LogP contribution < -0.4 is 10.6 Å². The standard InChI is InChI=1S/C26H21Cl3N4O3.ClH/c1-13-16(27)5-3-8-19(13)32-25(34)15-11-14(30-26(35)22-17(28)6-2-7-18(22)29)12-20-23(15)33-24(31-20)21-9-4-10-36-21;/h2-3,5-8,11-12,21H,4,9-10H2,1H3,(H,30,35)(H,31,33)(H,32,34);1H/t21-;/m1./s1. The lowest BCUT2D eigenvalue weighted by molar-refractivity contribution is 0.101. The molecule has 0 spiro atoms. The van der Waals surface area contributed by atoms with E-state index in [9.17, 15) is 9.59 Å². The zero-order chi connectivity index (χ0) is 25.4. The molecule has 1 aliphatic heterocycles. The van der Waals surface area contributed by atoms with Crippen LogP contribution in [-0.2, 0) is 4.74 Å². The third-order valence-corrected chi connectivity index (χ3v) is 7.09. The largest absolute Gasteiger partial charge is 0.370 e. The number of fused-ring (bicyclic) bond motifs is 1. The topological polar surface area (TPSA) is 96.1 Å². The Balaban J connectivity index is 0.00000320. The highest BCUT2D eigenvalue weighted by Gasteiger charge is 2.24. The highest BCUT2D eigenvalue weighted by Crippen LogP contribution is 2.32. The van der Waals surface area contributed by atoms with Gasteiger partial charge in [-0.3, -0.25) is 9.59 Å².